The highest BCUT2D eigenvalue weighted by molar-refractivity contribution is 7.91. The van der Waals surface area contributed by atoms with Crippen molar-refractivity contribution < 1.29 is 13.2 Å². The lowest BCUT2D eigenvalue weighted by molar-refractivity contribution is 0.0941. The van der Waals surface area contributed by atoms with E-state index in [1.807, 2.05) is 25.1 Å². The van der Waals surface area contributed by atoms with Gasteiger partial charge in [0, 0.05) is 18.2 Å². The minimum absolute atomic E-state index is 0.0316. The van der Waals surface area contributed by atoms with E-state index in [0.29, 0.717) is 29.6 Å². The van der Waals surface area contributed by atoms with Gasteiger partial charge in [0.2, 0.25) is 0 Å². The minimum Gasteiger partial charge on any atom is -0.348 e. The van der Waals surface area contributed by atoms with Crippen molar-refractivity contribution in [1.29, 1.82) is 0 Å². The standard InChI is InChI=1S/C22H23N3O5S/c1-2-24-18-5-3-4-6-19(18)25(22(28)21(24)27)13-15-7-9-16(10-8-15)20(26)23-17-11-12-31(29,30)14-17/h3-10,17H,2,11-14H2,1H3,(H,23,26)/t17-/m0/s1. The Morgan fingerprint density at radius 3 is 2.19 bits per heavy atom. The van der Waals surface area contributed by atoms with Crippen molar-refractivity contribution in [2.24, 2.45) is 0 Å². The van der Waals surface area contributed by atoms with E-state index < -0.39 is 21.0 Å². The summed E-state index contributed by atoms with van der Waals surface area (Å²) in [5.74, 6) is -0.270. The number of benzene rings is 2. The number of hydrogen-bond donors (Lipinski definition) is 1. The van der Waals surface area contributed by atoms with Crippen molar-refractivity contribution in [1.82, 2.24) is 14.5 Å². The number of carbonyl (C=O) groups is 1. The first-order chi connectivity index (χ1) is 14.8. The molecule has 1 N–H and O–H groups in total. The zero-order chi connectivity index (χ0) is 22.2. The average molecular weight is 442 g/mol. The highest BCUT2D eigenvalue weighted by Crippen LogP contribution is 2.15. The minimum atomic E-state index is -3.07. The Morgan fingerprint density at radius 2 is 1.61 bits per heavy atom. The third kappa shape index (κ3) is 4.18. The van der Waals surface area contributed by atoms with Gasteiger partial charge >= 0.3 is 11.1 Å². The monoisotopic (exact) mass is 441 g/mol. The molecule has 162 valence electrons. The van der Waals surface area contributed by atoms with Crippen LogP contribution in [0.25, 0.3) is 11.0 Å². The van der Waals surface area contributed by atoms with Gasteiger partial charge in [-0.2, -0.15) is 0 Å². The quantitative estimate of drug-likeness (QED) is 0.598. The lowest BCUT2D eigenvalue weighted by atomic mass is 10.1. The SMILES string of the molecule is CCn1c(=O)c(=O)n(Cc2ccc(C(=O)N[C@H]3CCS(=O)(=O)C3)cc2)c2ccccc21. The van der Waals surface area contributed by atoms with E-state index in [1.165, 1.54) is 9.13 Å². The normalized spacial score (nSPS) is 17.6. The Labute approximate surface area is 179 Å². The van der Waals surface area contributed by atoms with Crippen LogP contribution in [0.4, 0.5) is 0 Å². The molecular formula is C22H23N3O5S. The lowest BCUT2D eigenvalue weighted by Gasteiger charge is -2.14. The number of aromatic nitrogens is 2. The van der Waals surface area contributed by atoms with E-state index >= 15 is 0 Å². The average Bonchev–Trinajstić information content (AvgIpc) is 3.10. The van der Waals surface area contributed by atoms with Gasteiger partial charge < -0.3 is 9.88 Å². The summed E-state index contributed by atoms with van der Waals surface area (Å²) in [7, 11) is -3.07. The van der Waals surface area contributed by atoms with Gasteiger partial charge in [0.05, 0.1) is 29.1 Å². The highest BCUT2D eigenvalue weighted by atomic mass is 32.2. The van der Waals surface area contributed by atoms with E-state index in [-0.39, 0.29) is 30.0 Å². The fourth-order valence-corrected chi connectivity index (χ4v) is 5.64. The van der Waals surface area contributed by atoms with Crippen LogP contribution in [0.2, 0.25) is 0 Å². The molecule has 0 saturated carbocycles. The van der Waals surface area contributed by atoms with Crippen molar-refractivity contribution in [3.8, 4) is 0 Å². The van der Waals surface area contributed by atoms with E-state index in [4.69, 9.17) is 0 Å². The molecule has 0 unspecified atom stereocenters. The summed E-state index contributed by atoms with van der Waals surface area (Å²) in [6.07, 6.45) is 0.422. The highest BCUT2D eigenvalue weighted by Gasteiger charge is 2.29. The first kappa shape index (κ1) is 21.0. The van der Waals surface area contributed by atoms with E-state index in [1.54, 1.807) is 30.3 Å². The molecule has 1 aliphatic heterocycles. The van der Waals surface area contributed by atoms with Crippen molar-refractivity contribution in [2.75, 3.05) is 11.5 Å². The molecule has 0 spiro atoms. The Balaban J connectivity index is 1.58. The van der Waals surface area contributed by atoms with Crippen molar-refractivity contribution in [3.63, 3.8) is 0 Å². The van der Waals surface area contributed by atoms with Crippen molar-refractivity contribution in [2.45, 2.75) is 32.5 Å². The van der Waals surface area contributed by atoms with Crippen LogP contribution in [0.3, 0.4) is 0 Å². The number of amides is 1. The smallest absolute Gasteiger partial charge is 0.317 e. The number of fused-ring (bicyclic) bond motifs is 1. The van der Waals surface area contributed by atoms with Crippen LogP contribution in [0.15, 0.2) is 58.1 Å². The molecule has 0 aliphatic carbocycles. The summed E-state index contributed by atoms with van der Waals surface area (Å²) < 4.78 is 26.0. The number of carbonyl (C=O) groups excluding carboxylic acids is 1. The molecule has 0 bridgehead atoms. The van der Waals surface area contributed by atoms with Gasteiger partial charge in [-0.1, -0.05) is 24.3 Å². The van der Waals surface area contributed by atoms with Gasteiger partial charge in [-0.25, -0.2) is 8.42 Å². The first-order valence-corrected chi connectivity index (χ1v) is 11.9. The number of nitrogens with one attached hydrogen (secondary N) is 1. The maximum absolute atomic E-state index is 12.7. The maximum atomic E-state index is 12.7. The Morgan fingerprint density at radius 1 is 1.00 bits per heavy atom. The lowest BCUT2D eigenvalue weighted by Crippen LogP contribution is -2.41. The Hall–Kier alpha value is -3.20. The van der Waals surface area contributed by atoms with Crippen LogP contribution in [-0.4, -0.2) is 41.0 Å². The summed E-state index contributed by atoms with van der Waals surface area (Å²) in [4.78, 5) is 37.6. The van der Waals surface area contributed by atoms with Crippen LogP contribution >= 0.6 is 0 Å². The Kier molecular flexibility index (Phi) is 5.53. The number of para-hydroxylation sites is 2. The molecule has 2 aromatic carbocycles. The second-order valence-electron chi connectivity index (χ2n) is 7.70. The van der Waals surface area contributed by atoms with Crippen LogP contribution < -0.4 is 16.4 Å². The molecule has 1 atom stereocenters. The van der Waals surface area contributed by atoms with Gasteiger partial charge in [0.15, 0.2) is 9.84 Å². The maximum Gasteiger partial charge on any atom is 0.317 e. The van der Waals surface area contributed by atoms with Gasteiger partial charge in [-0.05, 0) is 43.2 Å². The van der Waals surface area contributed by atoms with E-state index in [0.717, 1.165) is 5.56 Å². The molecule has 8 nitrogen and oxygen atoms in total. The van der Waals surface area contributed by atoms with E-state index in [9.17, 15) is 22.8 Å². The molecule has 1 fully saturated rings. The summed E-state index contributed by atoms with van der Waals surface area (Å²) in [6, 6.07) is 13.6. The van der Waals surface area contributed by atoms with Crippen LogP contribution in [0.5, 0.6) is 0 Å². The number of hydrogen-bond acceptors (Lipinski definition) is 5. The zero-order valence-electron chi connectivity index (χ0n) is 17.1. The fraction of sp³-hybridized carbons (Fsp3) is 0.318. The fourth-order valence-electron chi connectivity index (χ4n) is 3.96. The number of aryl methyl sites for hydroxylation is 1. The largest absolute Gasteiger partial charge is 0.348 e. The second-order valence-corrected chi connectivity index (χ2v) is 9.93. The predicted octanol–water partition coefficient (Wildman–Crippen LogP) is 1.15. The first-order valence-electron chi connectivity index (χ1n) is 10.1. The van der Waals surface area contributed by atoms with Crippen molar-refractivity contribution >= 4 is 26.8 Å². The molecule has 9 heteroatoms. The topological polar surface area (TPSA) is 107 Å². The molecule has 1 aromatic heterocycles. The van der Waals surface area contributed by atoms with E-state index in [2.05, 4.69) is 5.32 Å². The molecule has 1 amide bonds. The molecule has 0 radical (unpaired) electrons. The van der Waals surface area contributed by atoms with Crippen LogP contribution in [0, 0.1) is 0 Å². The van der Waals surface area contributed by atoms with Gasteiger partial charge in [-0.15, -0.1) is 0 Å². The molecule has 1 saturated heterocycles. The second kappa shape index (κ2) is 8.14. The number of nitrogens with zero attached hydrogens (tertiary/aromatic N) is 2. The van der Waals surface area contributed by atoms with Gasteiger partial charge in [0.25, 0.3) is 5.91 Å². The summed E-state index contributed by atoms with van der Waals surface area (Å²) in [6.45, 7) is 2.42. The summed E-state index contributed by atoms with van der Waals surface area (Å²) >= 11 is 0. The number of sulfone groups is 1. The third-order valence-corrected chi connectivity index (χ3v) is 7.35. The molecule has 31 heavy (non-hydrogen) atoms. The van der Waals surface area contributed by atoms with Gasteiger partial charge in [-0.3, -0.25) is 19.0 Å². The zero-order valence-corrected chi connectivity index (χ0v) is 17.9. The van der Waals surface area contributed by atoms with Gasteiger partial charge in [0.1, 0.15) is 0 Å². The molecule has 2 heterocycles. The molecule has 3 aromatic rings. The Bertz CT molecular complexity index is 1370. The number of rotatable bonds is 5. The third-order valence-electron chi connectivity index (χ3n) is 5.58. The predicted molar refractivity (Wildman–Crippen MR) is 118 cm³/mol. The summed E-state index contributed by atoms with van der Waals surface area (Å²) in [5, 5.41) is 2.76. The van der Waals surface area contributed by atoms with Crippen molar-refractivity contribution in [3.05, 3.63) is 80.4 Å². The molecule has 4 rings (SSSR count). The molecule has 1 aliphatic rings. The van der Waals surface area contributed by atoms with Crippen LogP contribution in [0.1, 0.15) is 29.3 Å². The molecular weight excluding hydrogens is 418 g/mol. The van der Waals surface area contributed by atoms with Crippen LogP contribution in [-0.2, 0) is 22.9 Å². The summed E-state index contributed by atoms with van der Waals surface area (Å²) in [5.41, 5.74) is 1.37.